The lowest BCUT2D eigenvalue weighted by Crippen LogP contribution is -2.37. The molecule has 1 atom stereocenters. The maximum atomic E-state index is 13.5. The Balaban J connectivity index is 1.50. The lowest BCUT2D eigenvalue weighted by atomic mass is 9.69. The molecule has 2 aliphatic heterocycles. The Morgan fingerprint density at radius 1 is 1.23 bits per heavy atom. The number of hydrogen-bond acceptors (Lipinski definition) is 8. The molecule has 186 valence electrons. The average molecular weight is 497 g/mol. The van der Waals surface area contributed by atoms with Gasteiger partial charge in [0.2, 0.25) is 0 Å². The van der Waals surface area contributed by atoms with Crippen LogP contribution in [0.5, 0.6) is 5.75 Å². The molecule has 0 spiro atoms. The number of aromatic nitrogens is 2. The van der Waals surface area contributed by atoms with Crippen LogP contribution in [0.3, 0.4) is 0 Å². The smallest absolute Gasteiger partial charge is 0.257 e. The topological polar surface area (TPSA) is 96.5 Å². The summed E-state index contributed by atoms with van der Waals surface area (Å²) in [5.41, 5.74) is 2.51. The largest absolute Gasteiger partial charge is 0.497 e. The minimum Gasteiger partial charge on any atom is -0.497 e. The molecule has 1 aromatic carbocycles. The number of nitrogens with one attached hydrogen (secondary N) is 2. The maximum Gasteiger partial charge on any atom is 0.257 e. The third-order valence-electron chi connectivity index (χ3n) is 6.88. The van der Waals surface area contributed by atoms with Crippen molar-refractivity contribution in [1.82, 2.24) is 14.9 Å². The standard InChI is InChI=1S/C26H32N4O4S/c1-26(2)14-18-21(19(31)15-26)20(16-5-4-6-17(13-16)33-3)22-23(27-18)28-25(29-24(22)32)35-12-9-30-7-10-34-11-8-30/h4-6,13,20H,7-12,14-15H2,1-3H3,(H2,27,28,29,32)/t20-/m0/s1. The number of nitrogens with zero attached hydrogens (tertiary/aromatic N) is 2. The molecule has 35 heavy (non-hydrogen) atoms. The zero-order chi connectivity index (χ0) is 24.6. The van der Waals surface area contributed by atoms with Crippen molar-refractivity contribution in [3.8, 4) is 5.75 Å². The highest BCUT2D eigenvalue weighted by molar-refractivity contribution is 7.99. The van der Waals surface area contributed by atoms with Gasteiger partial charge in [-0.05, 0) is 29.5 Å². The van der Waals surface area contributed by atoms with E-state index in [1.54, 1.807) is 18.9 Å². The van der Waals surface area contributed by atoms with Crippen LogP contribution in [0.2, 0.25) is 0 Å². The van der Waals surface area contributed by atoms with Gasteiger partial charge in [-0.15, -0.1) is 0 Å². The molecule has 9 heteroatoms. The van der Waals surface area contributed by atoms with E-state index in [0.717, 1.165) is 56.3 Å². The number of anilines is 1. The number of carbonyl (C=O) groups is 1. The Morgan fingerprint density at radius 2 is 2.03 bits per heavy atom. The van der Waals surface area contributed by atoms with Crippen LogP contribution in [0.25, 0.3) is 0 Å². The lowest BCUT2D eigenvalue weighted by Gasteiger charge is -2.38. The first-order chi connectivity index (χ1) is 16.8. The SMILES string of the molecule is COc1cccc([C@H]2C3=C(CC(C)(C)CC3=O)Nc3nc(SCCN4CCOCC4)[nH]c(=O)c32)c1. The number of methoxy groups -OCH3 is 1. The molecule has 1 aliphatic carbocycles. The first-order valence-electron chi connectivity index (χ1n) is 12.1. The molecule has 5 rings (SSSR count). The molecule has 0 radical (unpaired) electrons. The van der Waals surface area contributed by atoms with Crippen molar-refractivity contribution in [2.24, 2.45) is 5.41 Å². The van der Waals surface area contributed by atoms with Gasteiger partial charge in [0.05, 0.1) is 25.9 Å². The van der Waals surface area contributed by atoms with Crippen molar-refractivity contribution >= 4 is 23.4 Å². The minimum absolute atomic E-state index is 0.0746. The summed E-state index contributed by atoms with van der Waals surface area (Å²) >= 11 is 1.54. The molecule has 0 amide bonds. The normalized spacial score (nSPS) is 21.8. The Kier molecular flexibility index (Phi) is 6.74. The van der Waals surface area contributed by atoms with Crippen LogP contribution >= 0.6 is 11.8 Å². The van der Waals surface area contributed by atoms with Crippen molar-refractivity contribution in [1.29, 1.82) is 0 Å². The molecular weight excluding hydrogens is 464 g/mol. The molecule has 0 bridgehead atoms. The molecule has 1 fully saturated rings. The van der Waals surface area contributed by atoms with E-state index in [1.807, 2.05) is 24.3 Å². The molecule has 3 aliphatic rings. The van der Waals surface area contributed by atoms with E-state index >= 15 is 0 Å². The van der Waals surface area contributed by atoms with Gasteiger partial charge in [0.25, 0.3) is 5.56 Å². The summed E-state index contributed by atoms with van der Waals surface area (Å²) in [5.74, 6) is 1.64. The van der Waals surface area contributed by atoms with E-state index in [-0.39, 0.29) is 16.8 Å². The van der Waals surface area contributed by atoms with Crippen LogP contribution in [0.1, 0.15) is 43.7 Å². The number of benzene rings is 1. The Labute approximate surface area is 209 Å². The first-order valence-corrected chi connectivity index (χ1v) is 13.1. The van der Waals surface area contributed by atoms with Gasteiger partial charge in [0, 0.05) is 49.0 Å². The predicted octanol–water partition coefficient (Wildman–Crippen LogP) is 3.40. The van der Waals surface area contributed by atoms with Crippen molar-refractivity contribution in [3.05, 3.63) is 57.0 Å². The minimum atomic E-state index is -0.483. The summed E-state index contributed by atoms with van der Waals surface area (Å²) in [6, 6.07) is 7.61. The maximum absolute atomic E-state index is 13.5. The highest BCUT2D eigenvalue weighted by atomic mass is 32.2. The fraction of sp³-hybridized carbons (Fsp3) is 0.500. The van der Waals surface area contributed by atoms with E-state index < -0.39 is 5.92 Å². The Morgan fingerprint density at radius 3 is 2.80 bits per heavy atom. The third-order valence-corrected chi connectivity index (χ3v) is 7.73. The second-order valence-corrected chi connectivity index (χ2v) is 11.2. The van der Waals surface area contributed by atoms with Crippen molar-refractivity contribution in [2.45, 2.75) is 37.8 Å². The molecule has 0 unspecified atom stereocenters. The fourth-order valence-electron chi connectivity index (χ4n) is 5.21. The fourth-order valence-corrected chi connectivity index (χ4v) is 6.08. The number of ketones is 1. The van der Waals surface area contributed by atoms with Crippen LogP contribution in [0, 0.1) is 5.41 Å². The Bertz CT molecular complexity index is 1220. The number of morpholine rings is 1. The summed E-state index contributed by atoms with van der Waals surface area (Å²) in [4.78, 5) is 37.0. The number of rotatable bonds is 6. The van der Waals surface area contributed by atoms with Gasteiger partial charge in [-0.2, -0.15) is 0 Å². The van der Waals surface area contributed by atoms with Crippen molar-refractivity contribution < 1.29 is 14.3 Å². The number of ether oxygens (including phenoxy) is 2. The van der Waals surface area contributed by atoms with Gasteiger partial charge in [-0.3, -0.25) is 14.5 Å². The number of thioether (sulfide) groups is 1. The molecule has 2 aromatic rings. The Hall–Kier alpha value is -2.62. The molecule has 1 saturated heterocycles. The van der Waals surface area contributed by atoms with Gasteiger partial charge in [-0.25, -0.2) is 4.98 Å². The van der Waals surface area contributed by atoms with E-state index in [1.165, 1.54) is 0 Å². The number of aromatic amines is 1. The number of fused-ring (bicyclic) bond motifs is 1. The average Bonchev–Trinajstić information content (AvgIpc) is 2.82. The van der Waals surface area contributed by atoms with Gasteiger partial charge in [0.15, 0.2) is 10.9 Å². The molecule has 3 heterocycles. The van der Waals surface area contributed by atoms with Crippen LogP contribution in [-0.4, -0.2) is 66.4 Å². The summed E-state index contributed by atoms with van der Waals surface area (Å²) in [7, 11) is 1.61. The van der Waals surface area contributed by atoms with E-state index in [9.17, 15) is 9.59 Å². The van der Waals surface area contributed by atoms with E-state index in [0.29, 0.717) is 34.3 Å². The molecular formula is C26H32N4O4S. The molecule has 8 nitrogen and oxygen atoms in total. The summed E-state index contributed by atoms with van der Waals surface area (Å²) < 4.78 is 10.9. The second-order valence-electron chi connectivity index (χ2n) is 10.1. The second kappa shape index (κ2) is 9.79. The predicted molar refractivity (Wildman–Crippen MR) is 136 cm³/mol. The number of allylic oxidation sites excluding steroid dienone is 2. The van der Waals surface area contributed by atoms with Gasteiger partial charge in [0.1, 0.15) is 11.6 Å². The summed E-state index contributed by atoms with van der Waals surface area (Å²) in [6.45, 7) is 8.50. The zero-order valence-corrected chi connectivity index (χ0v) is 21.3. The summed E-state index contributed by atoms with van der Waals surface area (Å²) in [6.07, 6.45) is 1.17. The van der Waals surface area contributed by atoms with Gasteiger partial charge in [-0.1, -0.05) is 37.7 Å². The zero-order valence-electron chi connectivity index (χ0n) is 20.5. The number of carbonyl (C=O) groups excluding carboxylic acids is 1. The van der Waals surface area contributed by atoms with Crippen molar-refractivity contribution in [2.75, 3.05) is 51.0 Å². The van der Waals surface area contributed by atoms with Crippen LogP contribution < -0.4 is 15.6 Å². The van der Waals surface area contributed by atoms with Gasteiger partial charge >= 0.3 is 0 Å². The monoisotopic (exact) mass is 496 g/mol. The first kappa shape index (κ1) is 24.1. The molecule has 0 saturated carbocycles. The number of Topliss-reactive ketones (excluding diaryl/α,β-unsaturated/α-hetero) is 1. The molecule has 2 N–H and O–H groups in total. The lowest BCUT2D eigenvalue weighted by molar-refractivity contribution is -0.118. The third kappa shape index (κ3) is 5.03. The highest BCUT2D eigenvalue weighted by Crippen LogP contribution is 2.48. The molecule has 1 aromatic heterocycles. The van der Waals surface area contributed by atoms with E-state index in [4.69, 9.17) is 14.5 Å². The number of hydrogen-bond donors (Lipinski definition) is 2. The van der Waals surface area contributed by atoms with E-state index in [2.05, 4.69) is 29.0 Å². The van der Waals surface area contributed by atoms with Crippen LogP contribution in [0.4, 0.5) is 5.82 Å². The highest BCUT2D eigenvalue weighted by Gasteiger charge is 2.42. The van der Waals surface area contributed by atoms with Crippen molar-refractivity contribution in [3.63, 3.8) is 0 Å². The van der Waals surface area contributed by atoms with Crippen LogP contribution in [0.15, 0.2) is 45.5 Å². The summed E-state index contributed by atoms with van der Waals surface area (Å²) in [5, 5.41) is 3.98. The van der Waals surface area contributed by atoms with Gasteiger partial charge < -0.3 is 19.8 Å². The number of H-pyrrole nitrogens is 1. The van der Waals surface area contributed by atoms with Crippen LogP contribution in [-0.2, 0) is 9.53 Å². The quantitative estimate of drug-likeness (QED) is 0.464.